The number of piperazine rings is 1. The summed E-state index contributed by atoms with van der Waals surface area (Å²) in [4.78, 5) is 43.8. The number of nitrogens with two attached hydrogens (primary N) is 1. The van der Waals surface area contributed by atoms with Crippen molar-refractivity contribution in [2.24, 2.45) is 0 Å². The molecule has 0 spiro atoms. The van der Waals surface area contributed by atoms with Crippen molar-refractivity contribution in [2.45, 2.75) is 31.3 Å². The average molecular weight is 546 g/mol. The normalized spacial score (nSPS) is 19.4. The summed E-state index contributed by atoms with van der Waals surface area (Å²) in [5, 5.41) is 22.5. The van der Waals surface area contributed by atoms with Crippen LogP contribution < -0.4 is 20.7 Å². The van der Waals surface area contributed by atoms with Crippen LogP contribution in [-0.2, 0) is 0 Å². The van der Waals surface area contributed by atoms with Gasteiger partial charge in [-0.1, -0.05) is 6.07 Å². The van der Waals surface area contributed by atoms with E-state index in [-0.39, 0.29) is 55.3 Å². The highest BCUT2D eigenvalue weighted by Crippen LogP contribution is 2.30. The van der Waals surface area contributed by atoms with Crippen molar-refractivity contribution in [1.29, 1.82) is 5.26 Å². The molecule has 5 rings (SSSR count). The third kappa shape index (κ3) is 5.52. The van der Waals surface area contributed by atoms with Crippen LogP contribution in [0.5, 0.6) is 6.01 Å². The Hall–Kier alpha value is -4.70. The predicted molar refractivity (Wildman–Crippen MR) is 148 cm³/mol. The van der Waals surface area contributed by atoms with Crippen LogP contribution in [0.2, 0.25) is 0 Å². The van der Waals surface area contributed by atoms with Crippen molar-refractivity contribution in [3.63, 3.8) is 0 Å². The second-order valence-corrected chi connectivity index (χ2v) is 9.95. The zero-order valence-electron chi connectivity index (χ0n) is 22.2. The lowest BCUT2D eigenvalue weighted by Gasteiger charge is -2.40. The molecule has 0 saturated carbocycles. The minimum Gasteiger partial charge on any atom is -0.465 e. The number of carboxylic acid groups (broad SMARTS) is 1. The number of ether oxygens (including phenoxy) is 1. The van der Waals surface area contributed by atoms with Gasteiger partial charge in [-0.3, -0.25) is 9.78 Å². The largest absolute Gasteiger partial charge is 0.465 e. The number of likely N-dealkylation sites (tertiary alicyclic amines) is 1. The van der Waals surface area contributed by atoms with Crippen LogP contribution in [0, 0.1) is 11.3 Å². The van der Waals surface area contributed by atoms with E-state index in [1.807, 2.05) is 19.2 Å². The quantitative estimate of drug-likeness (QED) is 0.398. The molecule has 0 unspecified atom stereocenters. The molecule has 13 heteroatoms. The van der Waals surface area contributed by atoms with Gasteiger partial charge in [-0.05, 0) is 50.7 Å². The van der Waals surface area contributed by atoms with Gasteiger partial charge < -0.3 is 35.6 Å². The predicted octanol–water partition coefficient (Wildman–Crippen LogP) is 2.41. The molecule has 208 valence electrons. The van der Waals surface area contributed by atoms with Gasteiger partial charge in [-0.25, -0.2) is 4.79 Å². The summed E-state index contributed by atoms with van der Waals surface area (Å²) in [6.45, 7) is 1.93. The number of nitriles is 1. The Kier molecular flexibility index (Phi) is 7.79. The molecule has 2 aromatic heterocycles. The van der Waals surface area contributed by atoms with Crippen LogP contribution in [0.1, 0.15) is 29.8 Å². The lowest BCUT2D eigenvalue weighted by atomic mass is 10.1. The Labute approximate surface area is 231 Å². The van der Waals surface area contributed by atoms with Gasteiger partial charge in [0, 0.05) is 37.3 Å². The molecule has 2 atom stereocenters. The number of fused-ring (bicyclic) bond motifs is 1. The number of rotatable bonds is 7. The van der Waals surface area contributed by atoms with E-state index in [4.69, 9.17) is 10.5 Å². The molecule has 4 N–H and O–H groups in total. The first-order valence-electron chi connectivity index (χ1n) is 13.1. The van der Waals surface area contributed by atoms with Crippen molar-refractivity contribution < 1.29 is 19.4 Å². The van der Waals surface area contributed by atoms with Crippen molar-refractivity contribution in [2.75, 3.05) is 55.8 Å². The average Bonchev–Trinajstić information content (AvgIpc) is 3.37. The number of hydrogen-bond acceptors (Lipinski definition) is 10. The smallest absolute Gasteiger partial charge is 0.407 e. The van der Waals surface area contributed by atoms with E-state index in [9.17, 15) is 20.0 Å². The number of pyridine rings is 1. The third-order valence-electron chi connectivity index (χ3n) is 7.45. The van der Waals surface area contributed by atoms with Gasteiger partial charge in [-0.2, -0.15) is 15.2 Å². The molecule has 40 heavy (non-hydrogen) atoms. The molecular formula is C27H31N9O4. The number of aromatic nitrogens is 3. The number of anilines is 3. The fourth-order valence-electron chi connectivity index (χ4n) is 5.25. The minimum atomic E-state index is -1.09. The summed E-state index contributed by atoms with van der Waals surface area (Å²) in [6, 6.07) is 10.7. The number of nitrogens with zero attached hydrogens (tertiary/aromatic N) is 7. The topological polar surface area (TPSA) is 174 Å². The van der Waals surface area contributed by atoms with Crippen molar-refractivity contribution in [1.82, 2.24) is 24.8 Å². The second kappa shape index (κ2) is 11.6. The maximum Gasteiger partial charge on any atom is 0.407 e. The number of benzene rings is 1. The molecule has 0 aliphatic carbocycles. The molecule has 2 aliphatic heterocycles. The lowest BCUT2D eigenvalue weighted by Crippen LogP contribution is -2.55. The summed E-state index contributed by atoms with van der Waals surface area (Å²) in [5.41, 5.74) is 7.76. The summed E-state index contributed by atoms with van der Waals surface area (Å²) < 4.78 is 6.00. The fourth-order valence-corrected chi connectivity index (χ4v) is 5.25. The number of likely N-dealkylation sites (N-methyl/N-ethyl adjacent to an activating group) is 1. The number of nitrogens with one attached hydrogen (secondary N) is 1. The van der Waals surface area contributed by atoms with E-state index in [1.165, 1.54) is 4.90 Å². The second-order valence-electron chi connectivity index (χ2n) is 9.95. The molecule has 4 heterocycles. The number of nitrogen functional groups attached to an aromatic ring is 1. The van der Waals surface area contributed by atoms with Gasteiger partial charge in [0.1, 0.15) is 12.3 Å². The molecule has 3 aromatic rings. The van der Waals surface area contributed by atoms with Gasteiger partial charge in [-0.15, -0.1) is 0 Å². The van der Waals surface area contributed by atoms with Gasteiger partial charge in [0.05, 0.1) is 29.7 Å². The van der Waals surface area contributed by atoms with E-state index >= 15 is 0 Å². The molecule has 2 aliphatic rings. The highest BCUT2D eigenvalue weighted by molar-refractivity contribution is 6.11. The fraction of sp³-hybridized carbons (Fsp3) is 0.407. The Bertz CT molecular complexity index is 1450. The number of hydrogen-bond donors (Lipinski definition) is 3. The number of amides is 2. The van der Waals surface area contributed by atoms with E-state index in [2.05, 4.69) is 31.2 Å². The minimum absolute atomic E-state index is 0.00623. The highest BCUT2D eigenvalue weighted by Gasteiger charge is 2.33. The number of carbonyl (C=O) groups excluding carboxylic acids is 1. The molecule has 2 amide bonds. The summed E-state index contributed by atoms with van der Waals surface area (Å²) in [5.74, 6) is -0.277. The monoisotopic (exact) mass is 545 g/mol. The molecule has 13 nitrogen and oxygen atoms in total. The van der Waals surface area contributed by atoms with Crippen LogP contribution in [0.15, 0.2) is 36.5 Å². The van der Waals surface area contributed by atoms with Gasteiger partial charge in [0.2, 0.25) is 0 Å². The molecule has 0 radical (unpaired) electrons. The zero-order valence-corrected chi connectivity index (χ0v) is 22.2. The molecule has 0 bridgehead atoms. The first kappa shape index (κ1) is 26.9. The maximum atomic E-state index is 13.6. The van der Waals surface area contributed by atoms with E-state index in [0.717, 1.165) is 30.3 Å². The van der Waals surface area contributed by atoms with Crippen LogP contribution in [-0.4, -0.2) is 93.8 Å². The maximum absolute atomic E-state index is 13.6. The summed E-state index contributed by atoms with van der Waals surface area (Å²) in [7, 11) is 2.03. The van der Waals surface area contributed by atoms with Crippen molar-refractivity contribution in [3.05, 3.63) is 42.2 Å². The molecule has 2 saturated heterocycles. The van der Waals surface area contributed by atoms with Crippen molar-refractivity contribution in [3.8, 4) is 12.1 Å². The standard InChI is InChI=1S/C27H31N9O4/c1-34-12-4-5-18(34)16-40-26-32-23(25(37)31-21-8-2-7-20-19(21)6-3-11-30-20)22(29)24(33-26)35-13-14-36(27(38)39)17(15-35)9-10-28/h2-3,6-8,11,17-18H,4-5,9,12-16,29H2,1H3,(H,31,37)(H,38,39)/t17-,18-/m0/s1. The van der Waals surface area contributed by atoms with Gasteiger partial charge in [0.25, 0.3) is 5.91 Å². The van der Waals surface area contributed by atoms with E-state index in [1.54, 1.807) is 29.3 Å². The number of carbonyl (C=O) groups is 2. The Morgan fingerprint density at radius 1 is 1.20 bits per heavy atom. The molecule has 1 aromatic carbocycles. The summed E-state index contributed by atoms with van der Waals surface area (Å²) in [6.07, 6.45) is 2.64. The van der Waals surface area contributed by atoms with Crippen LogP contribution in [0.4, 0.5) is 22.0 Å². The first-order valence-corrected chi connectivity index (χ1v) is 13.1. The van der Waals surface area contributed by atoms with E-state index < -0.39 is 18.0 Å². The SMILES string of the molecule is CN1CCC[C@H]1COc1nc(C(=O)Nc2cccc3ncccc23)c(N)c(N2CCN(C(=O)O)[C@@H](CC#N)C2)n1. The van der Waals surface area contributed by atoms with Crippen molar-refractivity contribution >= 4 is 40.1 Å². The van der Waals surface area contributed by atoms with E-state index in [0.29, 0.717) is 12.3 Å². The highest BCUT2D eigenvalue weighted by atomic mass is 16.5. The first-order chi connectivity index (χ1) is 19.4. The Balaban J connectivity index is 1.47. The van der Waals surface area contributed by atoms with Crippen LogP contribution in [0.25, 0.3) is 10.9 Å². The van der Waals surface area contributed by atoms with Crippen LogP contribution in [0.3, 0.4) is 0 Å². The van der Waals surface area contributed by atoms with Gasteiger partial charge in [0.15, 0.2) is 11.5 Å². The zero-order chi connectivity index (χ0) is 28.2. The lowest BCUT2D eigenvalue weighted by molar-refractivity contribution is 0.102. The van der Waals surface area contributed by atoms with Crippen LogP contribution >= 0.6 is 0 Å². The Morgan fingerprint density at radius 3 is 2.80 bits per heavy atom. The third-order valence-corrected chi connectivity index (χ3v) is 7.45. The Morgan fingerprint density at radius 2 is 2.05 bits per heavy atom. The summed E-state index contributed by atoms with van der Waals surface area (Å²) >= 11 is 0. The molecular weight excluding hydrogens is 514 g/mol. The van der Waals surface area contributed by atoms with Gasteiger partial charge >= 0.3 is 12.1 Å². The molecule has 2 fully saturated rings.